The molecule has 3 heteroatoms. The fourth-order valence-corrected chi connectivity index (χ4v) is 2.40. The first-order valence-corrected chi connectivity index (χ1v) is 6.61. The summed E-state index contributed by atoms with van der Waals surface area (Å²) in [4.78, 5) is 2.38. The van der Waals surface area contributed by atoms with Crippen molar-refractivity contribution >= 4 is 15.9 Å². The Balaban J connectivity index is 1.81. The van der Waals surface area contributed by atoms with Gasteiger partial charge in [-0.25, -0.2) is 0 Å². The molecule has 0 N–H and O–H groups in total. The topological polar surface area (TPSA) is 12.5 Å². The van der Waals surface area contributed by atoms with Gasteiger partial charge in [0.1, 0.15) is 5.75 Å². The zero-order valence-electron chi connectivity index (χ0n) is 9.66. The molecule has 16 heavy (non-hydrogen) atoms. The smallest absolute Gasteiger partial charge is 0.133 e. The third kappa shape index (κ3) is 3.22. The molecule has 0 spiro atoms. The summed E-state index contributed by atoms with van der Waals surface area (Å²) in [5.41, 5.74) is 0. The lowest BCUT2D eigenvalue weighted by Crippen LogP contribution is -2.32. The Morgan fingerprint density at radius 3 is 2.69 bits per heavy atom. The van der Waals surface area contributed by atoms with Crippen LogP contribution in [0.1, 0.15) is 12.8 Å². The number of piperidine rings is 1. The van der Waals surface area contributed by atoms with Crippen molar-refractivity contribution in [3.8, 4) is 5.75 Å². The molecule has 2 nitrogen and oxygen atoms in total. The molecule has 0 unspecified atom stereocenters. The van der Waals surface area contributed by atoms with Gasteiger partial charge in [-0.2, -0.15) is 0 Å². The van der Waals surface area contributed by atoms with E-state index in [0.717, 1.165) is 16.8 Å². The molecule has 1 aliphatic rings. The van der Waals surface area contributed by atoms with Crippen LogP contribution in [0.25, 0.3) is 0 Å². The number of likely N-dealkylation sites (tertiary alicyclic amines) is 1. The van der Waals surface area contributed by atoms with Crippen LogP contribution in [0.15, 0.2) is 28.7 Å². The number of para-hydroxylation sites is 1. The summed E-state index contributed by atoms with van der Waals surface area (Å²) >= 11 is 3.50. The second-order valence-corrected chi connectivity index (χ2v) is 5.34. The highest BCUT2D eigenvalue weighted by atomic mass is 79.9. The van der Waals surface area contributed by atoms with Gasteiger partial charge >= 0.3 is 0 Å². The highest BCUT2D eigenvalue weighted by Crippen LogP contribution is 2.25. The van der Waals surface area contributed by atoms with E-state index in [1.54, 1.807) is 0 Å². The summed E-state index contributed by atoms with van der Waals surface area (Å²) in [5.74, 6) is 1.67. The lowest BCUT2D eigenvalue weighted by molar-refractivity contribution is 0.159. The second-order valence-electron chi connectivity index (χ2n) is 4.49. The van der Waals surface area contributed by atoms with Gasteiger partial charge in [0.2, 0.25) is 0 Å². The summed E-state index contributed by atoms with van der Waals surface area (Å²) < 4.78 is 6.89. The molecule has 1 aromatic carbocycles. The van der Waals surface area contributed by atoms with Gasteiger partial charge in [-0.15, -0.1) is 0 Å². The van der Waals surface area contributed by atoms with Gasteiger partial charge in [0.15, 0.2) is 0 Å². The summed E-state index contributed by atoms with van der Waals surface area (Å²) in [6.45, 7) is 3.24. The van der Waals surface area contributed by atoms with E-state index in [1.807, 2.05) is 24.3 Å². The van der Waals surface area contributed by atoms with Crippen LogP contribution < -0.4 is 4.74 Å². The summed E-state index contributed by atoms with van der Waals surface area (Å²) in [5, 5.41) is 0. The minimum atomic E-state index is 0.711. The molecule has 1 saturated heterocycles. The van der Waals surface area contributed by atoms with E-state index in [9.17, 15) is 0 Å². The normalized spacial score (nSPS) is 18.6. The molecule has 2 rings (SSSR count). The standard InChI is InChI=1S/C13H18BrNO/c1-15-8-6-11(7-9-15)10-16-13-5-3-2-4-12(13)14/h2-5,11H,6-10H2,1H3. The predicted molar refractivity (Wildman–Crippen MR) is 69.9 cm³/mol. The third-order valence-electron chi connectivity index (χ3n) is 3.15. The average Bonchev–Trinajstić information content (AvgIpc) is 2.30. The Bertz CT molecular complexity index is 334. The number of benzene rings is 1. The number of rotatable bonds is 3. The van der Waals surface area contributed by atoms with Crippen LogP contribution in [0, 0.1) is 5.92 Å². The Kier molecular flexibility index (Phi) is 4.24. The van der Waals surface area contributed by atoms with E-state index >= 15 is 0 Å². The number of hydrogen-bond donors (Lipinski definition) is 0. The molecule has 88 valence electrons. The van der Waals surface area contributed by atoms with Crippen LogP contribution >= 0.6 is 15.9 Å². The second kappa shape index (κ2) is 5.69. The third-order valence-corrected chi connectivity index (χ3v) is 3.80. The Morgan fingerprint density at radius 2 is 2.00 bits per heavy atom. The minimum Gasteiger partial charge on any atom is -0.492 e. The van der Waals surface area contributed by atoms with Gasteiger partial charge in [-0.1, -0.05) is 12.1 Å². The summed E-state index contributed by atoms with van der Waals surface area (Å²) in [7, 11) is 2.19. The van der Waals surface area contributed by atoms with Crippen LogP contribution in [0.3, 0.4) is 0 Å². The number of halogens is 1. The average molecular weight is 284 g/mol. The van der Waals surface area contributed by atoms with Gasteiger partial charge in [-0.05, 0) is 67.0 Å². The maximum Gasteiger partial charge on any atom is 0.133 e. The summed E-state index contributed by atoms with van der Waals surface area (Å²) in [6.07, 6.45) is 2.50. The van der Waals surface area contributed by atoms with Crippen LogP contribution in [-0.2, 0) is 0 Å². The molecule has 0 bridgehead atoms. The van der Waals surface area contributed by atoms with E-state index in [-0.39, 0.29) is 0 Å². The number of nitrogens with zero attached hydrogens (tertiary/aromatic N) is 1. The van der Waals surface area contributed by atoms with Crippen LogP contribution in [0.4, 0.5) is 0 Å². The molecular formula is C13H18BrNO. The molecule has 1 fully saturated rings. The molecule has 1 aromatic rings. The van der Waals surface area contributed by atoms with Crippen molar-refractivity contribution in [2.24, 2.45) is 5.92 Å². The van der Waals surface area contributed by atoms with Gasteiger partial charge in [0.05, 0.1) is 11.1 Å². The van der Waals surface area contributed by atoms with Crippen molar-refractivity contribution < 1.29 is 4.74 Å². The van der Waals surface area contributed by atoms with Crippen molar-refractivity contribution in [1.82, 2.24) is 4.90 Å². The SMILES string of the molecule is CN1CCC(COc2ccccc2Br)CC1. The van der Waals surface area contributed by atoms with E-state index in [2.05, 4.69) is 27.9 Å². The Hall–Kier alpha value is -0.540. The molecular weight excluding hydrogens is 266 g/mol. The summed E-state index contributed by atoms with van der Waals surface area (Å²) in [6, 6.07) is 8.05. The molecule has 0 atom stereocenters. The Labute approximate surface area is 106 Å². The van der Waals surface area contributed by atoms with Gasteiger partial charge in [0, 0.05) is 0 Å². The van der Waals surface area contributed by atoms with E-state index in [4.69, 9.17) is 4.74 Å². The number of ether oxygens (including phenoxy) is 1. The molecule has 1 heterocycles. The number of hydrogen-bond acceptors (Lipinski definition) is 2. The van der Waals surface area contributed by atoms with Crippen molar-refractivity contribution in [2.45, 2.75) is 12.8 Å². The lowest BCUT2D eigenvalue weighted by atomic mass is 9.98. The predicted octanol–water partition coefficient (Wildman–Crippen LogP) is 3.17. The molecule has 0 radical (unpaired) electrons. The van der Waals surface area contributed by atoms with Gasteiger partial charge < -0.3 is 9.64 Å². The van der Waals surface area contributed by atoms with Gasteiger partial charge in [0.25, 0.3) is 0 Å². The zero-order chi connectivity index (χ0) is 11.4. The highest BCUT2D eigenvalue weighted by molar-refractivity contribution is 9.10. The quantitative estimate of drug-likeness (QED) is 0.845. The minimum absolute atomic E-state index is 0.711. The molecule has 0 aliphatic carbocycles. The maximum atomic E-state index is 5.85. The lowest BCUT2D eigenvalue weighted by Gasteiger charge is -2.28. The first-order valence-electron chi connectivity index (χ1n) is 5.81. The largest absolute Gasteiger partial charge is 0.492 e. The van der Waals surface area contributed by atoms with E-state index in [1.165, 1.54) is 25.9 Å². The van der Waals surface area contributed by atoms with Crippen molar-refractivity contribution in [3.63, 3.8) is 0 Å². The van der Waals surface area contributed by atoms with Crippen molar-refractivity contribution in [1.29, 1.82) is 0 Å². The van der Waals surface area contributed by atoms with E-state index in [0.29, 0.717) is 5.92 Å². The van der Waals surface area contributed by atoms with E-state index < -0.39 is 0 Å². The monoisotopic (exact) mass is 283 g/mol. The maximum absolute atomic E-state index is 5.85. The highest BCUT2D eigenvalue weighted by Gasteiger charge is 2.17. The first-order chi connectivity index (χ1) is 7.75. The molecule has 1 aliphatic heterocycles. The van der Waals surface area contributed by atoms with Crippen LogP contribution in [-0.4, -0.2) is 31.6 Å². The fourth-order valence-electron chi connectivity index (χ4n) is 2.00. The fraction of sp³-hybridized carbons (Fsp3) is 0.538. The molecule has 0 saturated carbocycles. The Morgan fingerprint density at radius 1 is 1.31 bits per heavy atom. The van der Waals surface area contributed by atoms with Crippen LogP contribution in [0.5, 0.6) is 5.75 Å². The zero-order valence-corrected chi connectivity index (χ0v) is 11.2. The molecule has 0 amide bonds. The van der Waals surface area contributed by atoms with Gasteiger partial charge in [-0.3, -0.25) is 0 Å². The molecule has 0 aromatic heterocycles. The van der Waals surface area contributed by atoms with Crippen molar-refractivity contribution in [3.05, 3.63) is 28.7 Å². The van der Waals surface area contributed by atoms with Crippen molar-refractivity contribution in [2.75, 3.05) is 26.7 Å². The van der Waals surface area contributed by atoms with Crippen LogP contribution in [0.2, 0.25) is 0 Å². The first kappa shape index (κ1) is 11.9.